The van der Waals surface area contributed by atoms with E-state index in [4.69, 9.17) is 0 Å². The highest BCUT2D eigenvalue weighted by Gasteiger charge is 2.18. The van der Waals surface area contributed by atoms with Crippen LogP contribution in [0.25, 0.3) is 0 Å². The third-order valence-corrected chi connectivity index (χ3v) is 1.04. The summed E-state index contributed by atoms with van der Waals surface area (Å²) in [6.45, 7) is 1.42. The van der Waals surface area contributed by atoms with E-state index in [1.165, 1.54) is 0 Å². The van der Waals surface area contributed by atoms with Crippen molar-refractivity contribution in [2.45, 2.75) is 0 Å². The van der Waals surface area contributed by atoms with Crippen molar-refractivity contribution in [3.63, 3.8) is 0 Å². The van der Waals surface area contributed by atoms with Gasteiger partial charge in [0.05, 0.1) is 0 Å². The summed E-state index contributed by atoms with van der Waals surface area (Å²) in [5, 5.41) is 0. The smallest absolute Gasteiger partial charge is 0.200 e. The summed E-state index contributed by atoms with van der Waals surface area (Å²) in [6, 6.07) is 0. The van der Waals surface area contributed by atoms with Gasteiger partial charge >= 0.3 is 0 Å². The Bertz CT molecular complexity index is 279. The minimum Gasteiger partial charge on any atom is -0.324 e. The zero-order valence-corrected chi connectivity index (χ0v) is 6.38. The second-order valence-corrected chi connectivity index (χ2v) is 1.96. The minimum absolute atomic E-state index is 0.939. The maximum Gasteiger partial charge on any atom is 0.200 e. The largest absolute Gasteiger partial charge is 0.324 e. The van der Waals surface area contributed by atoms with Crippen LogP contribution in [0.3, 0.4) is 0 Å². The number of hydrogen-bond donors (Lipinski definition) is 1. The Kier molecular flexibility index (Phi) is 4.33. The Balaban J connectivity index is 5.10. The lowest BCUT2D eigenvalue weighted by atomic mass is 10.3. The summed E-state index contributed by atoms with van der Waals surface area (Å²) < 4.78 is 61.0. The SMILES string of the molecule is C=C(F)/C(F)=C(F)\C(F)=C(\F)CN. The van der Waals surface area contributed by atoms with Crippen LogP contribution in [0.1, 0.15) is 0 Å². The Morgan fingerprint density at radius 3 is 1.69 bits per heavy atom. The van der Waals surface area contributed by atoms with E-state index in [9.17, 15) is 22.0 Å². The zero-order valence-electron chi connectivity index (χ0n) is 6.38. The Labute approximate surface area is 71.0 Å². The molecule has 0 fully saturated rings. The summed E-state index contributed by atoms with van der Waals surface area (Å²) in [7, 11) is 0. The molecule has 1 nitrogen and oxygen atoms in total. The molecule has 0 rings (SSSR count). The lowest BCUT2D eigenvalue weighted by molar-refractivity contribution is 0.447. The highest BCUT2D eigenvalue weighted by Crippen LogP contribution is 2.26. The van der Waals surface area contributed by atoms with Gasteiger partial charge < -0.3 is 5.73 Å². The summed E-state index contributed by atoms with van der Waals surface area (Å²) in [4.78, 5) is 0. The molecule has 0 aromatic carbocycles. The van der Waals surface area contributed by atoms with Gasteiger partial charge in [-0.05, 0) is 0 Å². The van der Waals surface area contributed by atoms with Gasteiger partial charge in [-0.1, -0.05) is 6.58 Å². The predicted octanol–water partition coefficient (Wildman–Crippen LogP) is 2.73. The molecular weight excluding hydrogens is 193 g/mol. The molecule has 0 spiro atoms. The topological polar surface area (TPSA) is 26.0 Å². The van der Waals surface area contributed by atoms with E-state index in [0.29, 0.717) is 0 Å². The van der Waals surface area contributed by atoms with E-state index in [2.05, 4.69) is 12.3 Å². The fourth-order valence-corrected chi connectivity index (χ4v) is 0.424. The van der Waals surface area contributed by atoms with Crippen LogP contribution in [0.2, 0.25) is 0 Å². The normalized spacial score (nSPS) is 14.9. The molecule has 13 heavy (non-hydrogen) atoms. The van der Waals surface area contributed by atoms with Gasteiger partial charge in [-0.25, -0.2) is 22.0 Å². The van der Waals surface area contributed by atoms with Crippen LogP contribution in [0.5, 0.6) is 0 Å². The van der Waals surface area contributed by atoms with Crippen molar-refractivity contribution >= 4 is 0 Å². The molecule has 74 valence electrons. The highest BCUT2D eigenvalue weighted by molar-refractivity contribution is 5.31. The van der Waals surface area contributed by atoms with Gasteiger partial charge in [-0.3, -0.25) is 0 Å². The fourth-order valence-electron chi connectivity index (χ4n) is 0.424. The average Bonchev–Trinajstić information content (AvgIpc) is 2.12. The third kappa shape index (κ3) is 2.98. The standard InChI is InChI=1S/C7H6F5N/c1-3(8)5(10)7(12)6(11)4(9)2-13/h1-2,13H2/b6-4-,7-5-. The second-order valence-electron chi connectivity index (χ2n) is 1.96. The van der Waals surface area contributed by atoms with Crippen LogP contribution >= 0.6 is 0 Å². The van der Waals surface area contributed by atoms with E-state index < -0.39 is 35.7 Å². The van der Waals surface area contributed by atoms with Crippen LogP contribution in [0, 0.1) is 0 Å². The summed E-state index contributed by atoms with van der Waals surface area (Å²) in [5.41, 5.74) is 4.59. The van der Waals surface area contributed by atoms with E-state index in [-0.39, 0.29) is 0 Å². The number of allylic oxidation sites excluding steroid dienone is 4. The van der Waals surface area contributed by atoms with Crippen LogP contribution in [-0.2, 0) is 0 Å². The van der Waals surface area contributed by atoms with Crippen LogP contribution in [0.15, 0.2) is 35.7 Å². The zero-order chi connectivity index (χ0) is 10.6. The Hall–Kier alpha value is -1.17. The molecule has 0 aromatic heterocycles. The van der Waals surface area contributed by atoms with Crippen molar-refractivity contribution in [2.75, 3.05) is 6.54 Å². The maximum absolute atomic E-state index is 12.4. The summed E-state index contributed by atoms with van der Waals surface area (Å²) in [6.07, 6.45) is 0. The van der Waals surface area contributed by atoms with Crippen molar-refractivity contribution < 1.29 is 22.0 Å². The molecule has 0 aliphatic carbocycles. The second kappa shape index (κ2) is 4.76. The first-order valence-electron chi connectivity index (χ1n) is 3.06. The van der Waals surface area contributed by atoms with Gasteiger partial charge in [0, 0.05) is 6.54 Å². The third-order valence-electron chi connectivity index (χ3n) is 1.04. The van der Waals surface area contributed by atoms with Gasteiger partial charge in [0.25, 0.3) is 0 Å². The van der Waals surface area contributed by atoms with Gasteiger partial charge in [0.2, 0.25) is 0 Å². The fraction of sp³-hybridized carbons (Fsp3) is 0.143. The van der Waals surface area contributed by atoms with E-state index in [1.807, 2.05) is 0 Å². The average molecular weight is 199 g/mol. The molecular formula is C7H6F5N. The molecule has 0 heterocycles. The van der Waals surface area contributed by atoms with E-state index in [0.717, 1.165) is 0 Å². The van der Waals surface area contributed by atoms with Gasteiger partial charge in [-0.15, -0.1) is 0 Å². The molecule has 0 aliphatic rings. The molecule has 0 atom stereocenters. The van der Waals surface area contributed by atoms with Gasteiger partial charge in [0.1, 0.15) is 0 Å². The van der Waals surface area contributed by atoms with Crippen molar-refractivity contribution in [2.24, 2.45) is 5.73 Å². The molecule has 0 aromatic rings. The van der Waals surface area contributed by atoms with E-state index in [1.54, 1.807) is 0 Å². The molecule has 0 bridgehead atoms. The molecule has 0 unspecified atom stereocenters. The first-order valence-corrected chi connectivity index (χ1v) is 3.06. The number of rotatable bonds is 3. The maximum atomic E-state index is 12.4. The lowest BCUT2D eigenvalue weighted by Gasteiger charge is -1.97. The highest BCUT2D eigenvalue weighted by atomic mass is 19.2. The van der Waals surface area contributed by atoms with Crippen molar-refractivity contribution in [1.29, 1.82) is 0 Å². The minimum atomic E-state index is -2.28. The molecule has 0 saturated carbocycles. The van der Waals surface area contributed by atoms with Crippen LogP contribution in [-0.4, -0.2) is 6.54 Å². The van der Waals surface area contributed by atoms with Crippen LogP contribution in [0.4, 0.5) is 22.0 Å². The predicted molar refractivity (Wildman–Crippen MR) is 37.8 cm³/mol. The van der Waals surface area contributed by atoms with Crippen molar-refractivity contribution in [3.05, 3.63) is 35.7 Å². The Morgan fingerprint density at radius 1 is 0.923 bits per heavy atom. The molecule has 0 radical (unpaired) electrons. The number of halogens is 5. The molecule has 2 N–H and O–H groups in total. The number of hydrogen-bond acceptors (Lipinski definition) is 1. The summed E-state index contributed by atoms with van der Waals surface area (Å²) in [5.74, 6) is -10.1. The Morgan fingerprint density at radius 2 is 1.38 bits per heavy atom. The molecule has 0 amide bonds. The quantitative estimate of drug-likeness (QED) is 0.548. The van der Waals surface area contributed by atoms with Gasteiger partial charge in [-0.2, -0.15) is 0 Å². The number of nitrogens with two attached hydrogens (primary N) is 1. The lowest BCUT2D eigenvalue weighted by Crippen LogP contribution is -2.01. The van der Waals surface area contributed by atoms with E-state index >= 15 is 0 Å². The van der Waals surface area contributed by atoms with Gasteiger partial charge in [0.15, 0.2) is 29.1 Å². The molecule has 0 saturated heterocycles. The summed E-state index contributed by atoms with van der Waals surface area (Å²) >= 11 is 0. The van der Waals surface area contributed by atoms with Crippen molar-refractivity contribution in [1.82, 2.24) is 0 Å². The van der Waals surface area contributed by atoms with Crippen molar-refractivity contribution in [3.8, 4) is 0 Å². The monoisotopic (exact) mass is 199 g/mol. The molecule has 6 heteroatoms. The first-order chi connectivity index (χ1) is 5.91. The molecule has 0 aliphatic heterocycles. The first kappa shape index (κ1) is 11.8. The van der Waals surface area contributed by atoms with Crippen LogP contribution < -0.4 is 5.73 Å².